The van der Waals surface area contributed by atoms with Crippen LogP contribution in [-0.4, -0.2) is 27.5 Å². The number of amides is 1. The zero-order chi connectivity index (χ0) is 18.4. The molecule has 1 aromatic carbocycles. The molecule has 0 aliphatic carbocycles. The molecule has 5 heteroatoms. The van der Waals surface area contributed by atoms with E-state index in [0.717, 1.165) is 37.8 Å². The van der Waals surface area contributed by atoms with Crippen LogP contribution in [-0.2, 0) is 4.79 Å². The molecule has 1 amide bonds. The molecule has 1 aliphatic rings. The molecule has 1 saturated heterocycles. The molecular weight excluding hydrogens is 326 g/mol. The highest BCUT2D eigenvalue weighted by atomic mass is 16.5. The molecule has 0 radical (unpaired) electrons. The molecule has 0 saturated carbocycles. The van der Waals surface area contributed by atoms with E-state index in [4.69, 9.17) is 4.52 Å². The van der Waals surface area contributed by atoms with Crippen molar-refractivity contribution >= 4 is 5.91 Å². The highest BCUT2D eigenvalue weighted by Gasteiger charge is 2.33. The predicted octanol–water partition coefficient (Wildman–Crippen LogP) is 5.07. The number of unbranched alkanes of at least 4 members (excludes halogenated alkanes) is 4. The Bertz CT molecular complexity index is 708. The second-order valence-corrected chi connectivity index (χ2v) is 7.23. The van der Waals surface area contributed by atoms with Crippen molar-refractivity contribution in [3.63, 3.8) is 0 Å². The van der Waals surface area contributed by atoms with Crippen molar-refractivity contribution in [3.05, 3.63) is 35.7 Å². The zero-order valence-corrected chi connectivity index (χ0v) is 15.9. The average Bonchev–Trinajstić information content (AvgIpc) is 3.31. The molecule has 1 aliphatic heterocycles. The van der Waals surface area contributed by atoms with Gasteiger partial charge in [0.15, 0.2) is 0 Å². The van der Waals surface area contributed by atoms with Gasteiger partial charge in [0.2, 0.25) is 17.6 Å². The van der Waals surface area contributed by atoms with E-state index in [2.05, 4.69) is 24.0 Å². The van der Waals surface area contributed by atoms with Gasteiger partial charge < -0.3 is 9.42 Å². The lowest BCUT2D eigenvalue weighted by Gasteiger charge is -2.21. The number of nitrogens with zero attached hydrogens (tertiary/aromatic N) is 3. The summed E-state index contributed by atoms with van der Waals surface area (Å²) in [6.45, 7) is 5.05. The second-order valence-electron chi connectivity index (χ2n) is 7.23. The molecule has 2 aromatic rings. The number of likely N-dealkylation sites (tertiary alicyclic amines) is 1. The van der Waals surface area contributed by atoms with Gasteiger partial charge in [-0.15, -0.1) is 0 Å². The summed E-state index contributed by atoms with van der Waals surface area (Å²) in [6, 6.07) is 8.00. The Morgan fingerprint density at radius 2 is 1.96 bits per heavy atom. The van der Waals surface area contributed by atoms with E-state index in [-0.39, 0.29) is 11.9 Å². The lowest BCUT2D eigenvalue weighted by atomic mass is 10.1. The molecule has 0 N–H and O–H groups in total. The number of carbonyl (C=O) groups is 1. The topological polar surface area (TPSA) is 59.2 Å². The molecule has 1 fully saturated rings. The van der Waals surface area contributed by atoms with Crippen molar-refractivity contribution < 1.29 is 9.32 Å². The third-order valence-electron chi connectivity index (χ3n) is 5.10. The van der Waals surface area contributed by atoms with Gasteiger partial charge in [-0.25, -0.2) is 0 Å². The van der Waals surface area contributed by atoms with Crippen LogP contribution in [0.4, 0.5) is 0 Å². The second kappa shape index (κ2) is 8.97. The lowest BCUT2D eigenvalue weighted by molar-refractivity contribution is -0.132. The molecule has 0 bridgehead atoms. The Hall–Kier alpha value is -2.17. The Balaban J connectivity index is 1.61. The Morgan fingerprint density at radius 1 is 1.19 bits per heavy atom. The molecule has 3 rings (SSSR count). The maximum absolute atomic E-state index is 12.6. The highest BCUT2D eigenvalue weighted by Crippen LogP contribution is 2.32. The Kier molecular flexibility index (Phi) is 6.42. The summed E-state index contributed by atoms with van der Waals surface area (Å²) in [4.78, 5) is 19.1. The van der Waals surface area contributed by atoms with Crippen LogP contribution in [0.1, 0.15) is 75.8 Å². The van der Waals surface area contributed by atoms with Gasteiger partial charge in [0.05, 0.1) is 0 Å². The van der Waals surface area contributed by atoms with Crippen LogP contribution in [0, 0.1) is 6.92 Å². The van der Waals surface area contributed by atoms with Gasteiger partial charge in [-0.3, -0.25) is 4.79 Å². The van der Waals surface area contributed by atoms with E-state index in [9.17, 15) is 4.79 Å². The Labute approximate surface area is 155 Å². The van der Waals surface area contributed by atoms with Crippen LogP contribution in [0.15, 0.2) is 28.8 Å². The van der Waals surface area contributed by atoms with Gasteiger partial charge in [0.25, 0.3) is 0 Å². The Morgan fingerprint density at radius 3 is 2.73 bits per heavy atom. The van der Waals surface area contributed by atoms with E-state index in [1.54, 1.807) is 0 Å². The van der Waals surface area contributed by atoms with Crippen LogP contribution in [0.5, 0.6) is 0 Å². The van der Waals surface area contributed by atoms with Gasteiger partial charge in [-0.2, -0.15) is 4.98 Å². The number of carbonyl (C=O) groups excluding carboxylic acids is 1. The highest BCUT2D eigenvalue weighted by molar-refractivity contribution is 5.76. The van der Waals surface area contributed by atoms with Crippen LogP contribution >= 0.6 is 0 Å². The van der Waals surface area contributed by atoms with Crippen molar-refractivity contribution in [3.8, 4) is 11.4 Å². The third kappa shape index (κ3) is 4.51. The van der Waals surface area contributed by atoms with E-state index in [0.29, 0.717) is 18.1 Å². The number of benzene rings is 1. The SMILES string of the molecule is CCCCCCCC(=O)N1CCCC1c1nc(-c2ccc(C)cc2)no1. The predicted molar refractivity (Wildman–Crippen MR) is 102 cm³/mol. The van der Waals surface area contributed by atoms with Crippen LogP contribution in [0.2, 0.25) is 0 Å². The minimum Gasteiger partial charge on any atom is -0.337 e. The van der Waals surface area contributed by atoms with Crippen molar-refractivity contribution in [2.24, 2.45) is 0 Å². The van der Waals surface area contributed by atoms with E-state index < -0.39 is 0 Å². The quantitative estimate of drug-likeness (QED) is 0.620. The standard InChI is InChI=1S/C21H29N3O2/c1-3-4-5-6-7-10-19(25)24-15-8-9-18(24)21-22-20(23-26-21)17-13-11-16(2)12-14-17/h11-14,18H,3-10,15H2,1-2H3. The first-order chi connectivity index (χ1) is 12.7. The number of aryl methyl sites for hydroxylation is 1. The molecular formula is C21H29N3O2. The third-order valence-corrected chi connectivity index (χ3v) is 5.10. The van der Waals surface area contributed by atoms with Crippen molar-refractivity contribution in [2.75, 3.05) is 6.54 Å². The molecule has 1 aromatic heterocycles. The van der Waals surface area contributed by atoms with E-state index in [1.807, 2.05) is 29.2 Å². The fraction of sp³-hybridized carbons (Fsp3) is 0.571. The molecule has 5 nitrogen and oxygen atoms in total. The molecule has 0 spiro atoms. The fourth-order valence-electron chi connectivity index (χ4n) is 3.54. The molecule has 1 unspecified atom stereocenters. The monoisotopic (exact) mass is 355 g/mol. The van der Waals surface area contributed by atoms with Gasteiger partial charge in [-0.05, 0) is 26.2 Å². The smallest absolute Gasteiger partial charge is 0.249 e. The summed E-state index contributed by atoms with van der Waals surface area (Å²) < 4.78 is 5.52. The first-order valence-corrected chi connectivity index (χ1v) is 9.89. The maximum atomic E-state index is 12.6. The van der Waals surface area contributed by atoms with E-state index in [1.165, 1.54) is 24.8 Å². The number of aromatic nitrogens is 2. The normalized spacial score (nSPS) is 17.0. The van der Waals surface area contributed by atoms with Crippen LogP contribution in [0.25, 0.3) is 11.4 Å². The number of hydrogen-bond acceptors (Lipinski definition) is 4. The van der Waals surface area contributed by atoms with Crippen molar-refractivity contribution in [1.29, 1.82) is 0 Å². The minimum absolute atomic E-state index is 0.0650. The summed E-state index contributed by atoms with van der Waals surface area (Å²) in [6.07, 6.45) is 8.32. The minimum atomic E-state index is -0.0650. The molecule has 26 heavy (non-hydrogen) atoms. The van der Waals surface area contributed by atoms with Crippen molar-refractivity contribution in [1.82, 2.24) is 15.0 Å². The van der Waals surface area contributed by atoms with Gasteiger partial charge >= 0.3 is 0 Å². The first-order valence-electron chi connectivity index (χ1n) is 9.89. The van der Waals surface area contributed by atoms with Gasteiger partial charge in [-0.1, -0.05) is 67.6 Å². The maximum Gasteiger partial charge on any atom is 0.249 e. The first kappa shape index (κ1) is 18.6. The summed E-state index contributed by atoms with van der Waals surface area (Å²) in [5.41, 5.74) is 2.14. The lowest BCUT2D eigenvalue weighted by Crippen LogP contribution is -2.30. The summed E-state index contributed by atoms with van der Waals surface area (Å²) in [5.74, 6) is 1.38. The van der Waals surface area contributed by atoms with Crippen LogP contribution < -0.4 is 0 Å². The van der Waals surface area contributed by atoms with Gasteiger partial charge in [0, 0.05) is 18.5 Å². The van der Waals surface area contributed by atoms with E-state index >= 15 is 0 Å². The van der Waals surface area contributed by atoms with Crippen LogP contribution in [0.3, 0.4) is 0 Å². The number of rotatable bonds is 8. The van der Waals surface area contributed by atoms with Gasteiger partial charge in [0.1, 0.15) is 6.04 Å². The fourth-order valence-corrected chi connectivity index (χ4v) is 3.54. The average molecular weight is 355 g/mol. The molecule has 1 atom stereocenters. The number of hydrogen-bond donors (Lipinski definition) is 0. The summed E-state index contributed by atoms with van der Waals surface area (Å²) in [7, 11) is 0. The zero-order valence-electron chi connectivity index (χ0n) is 15.9. The summed E-state index contributed by atoms with van der Waals surface area (Å²) >= 11 is 0. The van der Waals surface area contributed by atoms with Crippen molar-refractivity contribution in [2.45, 2.75) is 71.3 Å². The molecule has 140 valence electrons. The molecule has 2 heterocycles. The largest absolute Gasteiger partial charge is 0.337 e. The summed E-state index contributed by atoms with van der Waals surface area (Å²) in [5, 5.41) is 4.13.